The largest absolute Gasteiger partial charge is 0.459 e. The molecule has 0 aromatic carbocycles. The van der Waals surface area contributed by atoms with Gasteiger partial charge in [-0.15, -0.1) is 0 Å². The summed E-state index contributed by atoms with van der Waals surface area (Å²) in [4.78, 5) is 11.3. The summed E-state index contributed by atoms with van der Waals surface area (Å²) in [6, 6.07) is 0. The fourth-order valence-electron chi connectivity index (χ4n) is 0.355. The van der Waals surface area contributed by atoms with Gasteiger partial charge in [0.1, 0.15) is 10.9 Å². The van der Waals surface area contributed by atoms with Gasteiger partial charge in [-0.25, -0.2) is 0 Å². The van der Waals surface area contributed by atoms with Gasteiger partial charge < -0.3 is 4.74 Å². The number of carbonyl (C=O) groups excluding carboxylic acids is 1. The van der Waals surface area contributed by atoms with Crippen molar-refractivity contribution in [2.24, 2.45) is 0 Å². The molecule has 0 radical (unpaired) electrons. The molecule has 2 nitrogen and oxygen atoms in total. The van der Waals surface area contributed by atoms with E-state index in [1.54, 1.807) is 13.8 Å². The lowest BCUT2D eigenvalue weighted by Gasteiger charge is -2.14. The smallest absolute Gasteiger partial charge is 0.322 e. The summed E-state index contributed by atoms with van der Waals surface area (Å²) >= 11 is 9.78. The number of esters is 1. The molecule has 0 heterocycles. The van der Waals surface area contributed by atoms with Crippen LogP contribution < -0.4 is 0 Å². The zero-order valence-corrected chi connectivity index (χ0v) is 15.1. The number of carbonyl (C=O) groups is 1. The molecule has 0 atom stereocenters. The van der Waals surface area contributed by atoms with E-state index in [2.05, 4.69) is 83.7 Å². The highest BCUT2D eigenvalue weighted by atomic mass is 127. The van der Waals surface area contributed by atoms with Crippen LogP contribution in [0.3, 0.4) is 0 Å². The van der Waals surface area contributed by atoms with Crippen LogP contribution in [0.2, 0.25) is 0 Å². The van der Waals surface area contributed by atoms with E-state index in [1.165, 1.54) is 0 Å². The Morgan fingerprint density at radius 2 is 1.85 bits per heavy atom. The molecule has 0 N–H and O–H groups in total. The van der Waals surface area contributed by atoms with E-state index in [0.29, 0.717) is 6.61 Å². The molecule has 0 aromatic heterocycles. The standard InChI is InChI=1S/C7H8BrI3O2/c1-7(2,8)6(12)13-3-4(9)5(10)11/h3H2,1-2H3. The molecule has 0 unspecified atom stereocenters. The zero-order chi connectivity index (χ0) is 10.6. The first kappa shape index (κ1) is 14.9. The predicted octanol–water partition coefficient (Wildman–Crippen LogP) is 4.18. The van der Waals surface area contributed by atoms with E-state index < -0.39 is 4.32 Å². The normalized spacial score (nSPS) is 10.9. The fourth-order valence-corrected chi connectivity index (χ4v) is 0.937. The van der Waals surface area contributed by atoms with Crippen molar-refractivity contribution in [2.45, 2.75) is 18.2 Å². The van der Waals surface area contributed by atoms with Crippen molar-refractivity contribution in [3.05, 3.63) is 5.17 Å². The second kappa shape index (κ2) is 6.46. The Morgan fingerprint density at radius 1 is 1.38 bits per heavy atom. The van der Waals surface area contributed by atoms with Crippen molar-refractivity contribution in [3.63, 3.8) is 0 Å². The number of hydrogen-bond donors (Lipinski definition) is 0. The van der Waals surface area contributed by atoms with Crippen LogP contribution >= 0.6 is 83.7 Å². The van der Waals surface area contributed by atoms with Crippen LogP contribution in [-0.4, -0.2) is 16.9 Å². The predicted molar refractivity (Wildman–Crippen MR) is 83.1 cm³/mol. The summed E-state index contributed by atoms with van der Waals surface area (Å²) in [7, 11) is 0. The molecule has 0 bridgehead atoms. The van der Waals surface area contributed by atoms with Crippen molar-refractivity contribution in [1.82, 2.24) is 0 Å². The molecule has 0 aliphatic rings. The molecule has 0 amide bonds. The van der Waals surface area contributed by atoms with Crippen molar-refractivity contribution in [3.8, 4) is 0 Å². The molecule has 0 rings (SSSR count). The minimum absolute atomic E-state index is 0.240. The molecule has 0 spiro atoms. The minimum Gasteiger partial charge on any atom is -0.459 e. The average molecular weight is 585 g/mol. The first-order valence-electron chi connectivity index (χ1n) is 3.31. The Bertz CT molecular complexity index is 228. The summed E-state index contributed by atoms with van der Waals surface area (Å²) in [5.41, 5.74) is 0. The molecular formula is C7H8BrI3O2. The molecule has 13 heavy (non-hydrogen) atoms. The number of hydrogen-bond acceptors (Lipinski definition) is 2. The third-order valence-corrected chi connectivity index (χ3v) is 5.56. The van der Waals surface area contributed by atoms with Gasteiger partial charge in [-0.1, -0.05) is 15.9 Å². The van der Waals surface area contributed by atoms with E-state index in [9.17, 15) is 4.79 Å². The topological polar surface area (TPSA) is 26.3 Å². The van der Waals surface area contributed by atoms with E-state index in [1.807, 2.05) is 0 Å². The Labute approximate surface area is 127 Å². The van der Waals surface area contributed by atoms with Gasteiger partial charge >= 0.3 is 5.97 Å². The lowest BCUT2D eigenvalue weighted by Crippen LogP contribution is -2.26. The van der Waals surface area contributed by atoms with Gasteiger partial charge in [0.2, 0.25) is 0 Å². The molecule has 0 saturated carbocycles. The third-order valence-electron chi connectivity index (χ3n) is 1.02. The van der Waals surface area contributed by atoms with Crippen LogP contribution in [-0.2, 0) is 9.53 Å². The second-order valence-electron chi connectivity index (χ2n) is 2.71. The van der Waals surface area contributed by atoms with Crippen LogP contribution in [0.1, 0.15) is 13.8 Å². The molecular weight excluding hydrogens is 577 g/mol. The SMILES string of the molecule is CC(C)(Br)C(=O)OCC(I)=C(I)I. The highest BCUT2D eigenvalue weighted by molar-refractivity contribution is 14.2. The summed E-state index contributed by atoms with van der Waals surface area (Å²) in [6.45, 7) is 3.89. The van der Waals surface area contributed by atoms with Crippen LogP contribution in [0.5, 0.6) is 0 Å². The molecule has 0 fully saturated rings. The van der Waals surface area contributed by atoms with Crippen LogP contribution in [0, 0.1) is 0 Å². The van der Waals surface area contributed by atoms with Gasteiger partial charge in [0.05, 0.1) is 1.59 Å². The highest BCUT2D eigenvalue weighted by Gasteiger charge is 2.25. The number of alkyl halides is 1. The third kappa shape index (κ3) is 6.88. The number of rotatable bonds is 3. The average Bonchev–Trinajstić information content (AvgIpc) is 1.97. The van der Waals surface area contributed by atoms with Crippen LogP contribution in [0.25, 0.3) is 0 Å². The second-order valence-corrected chi connectivity index (χ2v) is 10.2. The Morgan fingerprint density at radius 3 is 2.15 bits per heavy atom. The van der Waals surface area contributed by atoms with Gasteiger partial charge in [0, 0.05) is 3.58 Å². The van der Waals surface area contributed by atoms with Gasteiger partial charge in [0.15, 0.2) is 0 Å². The van der Waals surface area contributed by atoms with Crippen molar-refractivity contribution >= 4 is 89.7 Å². The zero-order valence-electron chi connectivity index (χ0n) is 7.04. The van der Waals surface area contributed by atoms with E-state index in [4.69, 9.17) is 4.74 Å². The van der Waals surface area contributed by atoms with Crippen molar-refractivity contribution in [1.29, 1.82) is 0 Å². The monoisotopic (exact) mass is 584 g/mol. The fraction of sp³-hybridized carbons (Fsp3) is 0.571. The summed E-state index contributed by atoms with van der Waals surface area (Å²) in [6.07, 6.45) is 0. The van der Waals surface area contributed by atoms with Crippen molar-refractivity contribution < 1.29 is 9.53 Å². The molecule has 0 aromatic rings. The van der Waals surface area contributed by atoms with Gasteiger partial charge in [-0.3, -0.25) is 4.79 Å². The summed E-state index contributed by atoms with van der Waals surface area (Å²) in [5.74, 6) is -0.240. The molecule has 6 heteroatoms. The lowest BCUT2D eigenvalue weighted by molar-refractivity contribution is -0.144. The van der Waals surface area contributed by atoms with E-state index >= 15 is 0 Å². The van der Waals surface area contributed by atoms with E-state index in [-0.39, 0.29) is 5.97 Å². The molecule has 76 valence electrons. The Kier molecular flexibility index (Phi) is 7.39. The Hall–Kier alpha value is 1.88. The highest BCUT2D eigenvalue weighted by Crippen LogP contribution is 2.26. The molecule has 0 aliphatic carbocycles. The van der Waals surface area contributed by atoms with Crippen molar-refractivity contribution in [2.75, 3.05) is 6.61 Å². The summed E-state index contributed by atoms with van der Waals surface area (Å²) in [5, 5.41) is 0. The maximum atomic E-state index is 11.3. The molecule has 0 saturated heterocycles. The summed E-state index contributed by atoms with van der Waals surface area (Å²) < 4.78 is 6.64. The quantitative estimate of drug-likeness (QED) is 0.283. The van der Waals surface area contributed by atoms with Gasteiger partial charge in [0.25, 0.3) is 0 Å². The van der Waals surface area contributed by atoms with E-state index in [0.717, 1.165) is 5.17 Å². The maximum Gasteiger partial charge on any atom is 0.322 e. The lowest BCUT2D eigenvalue weighted by atomic mass is 10.2. The molecule has 0 aliphatic heterocycles. The van der Waals surface area contributed by atoms with Gasteiger partial charge in [-0.2, -0.15) is 0 Å². The number of ether oxygens (including phenoxy) is 1. The first-order chi connectivity index (χ1) is 5.75. The van der Waals surface area contributed by atoms with Crippen LogP contribution in [0.4, 0.5) is 0 Å². The van der Waals surface area contributed by atoms with Crippen LogP contribution in [0.15, 0.2) is 5.17 Å². The Balaban J connectivity index is 4.07. The number of halogens is 4. The first-order valence-corrected chi connectivity index (χ1v) is 7.34. The minimum atomic E-state index is -0.597. The maximum absolute atomic E-state index is 11.3. The van der Waals surface area contributed by atoms with Gasteiger partial charge in [-0.05, 0) is 81.6 Å².